The first-order chi connectivity index (χ1) is 15.2. The molecule has 152 valence electrons. The average Bonchev–Trinajstić information content (AvgIpc) is 3.49. The van der Waals surface area contributed by atoms with Crippen LogP contribution in [0.5, 0.6) is 0 Å². The van der Waals surface area contributed by atoms with E-state index in [-0.39, 0.29) is 5.56 Å². The van der Waals surface area contributed by atoms with Crippen molar-refractivity contribution < 1.29 is 0 Å². The number of thiazole rings is 1. The standard InChI is InChI=1S/C23H18N6OS/c1-28-20-18(21-22(28)26-19(31-21)11-17-8-9-24-27-17)12-25-29(23(20)30)13-14-6-7-15-4-2-3-5-16(15)10-14/h2-10,12H,11,13H2,1H3,(H,24,27). The van der Waals surface area contributed by atoms with E-state index in [9.17, 15) is 4.79 Å². The second-order valence-corrected chi connectivity index (χ2v) is 8.71. The Bertz CT molecular complexity index is 1620. The lowest BCUT2D eigenvalue weighted by Gasteiger charge is -2.07. The molecule has 2 aromatic carbocycles. The van der Waals surface area contributed by atoms with E-state index in [1.54, 1.807) is 23.7 Å². The van der Waals surface area contributed by atoms with Gasteiger partial charge in [0.1, 0.15) is 10.5 Å². The second-order valence-electron chi connectivity index (χ2n) is 7.63. The lowest BCUT2D eigenvalue weighted by atomic mass is 10.1. The van der Waals surface area contributed by atoms with Crippen molar-refractivity contribution in [3.8, 4) is 0 Å². The van der Waals surface area contributed by atoms with Crippen LogP contribution in [0.15, 0.2) is 65.7 Å². The summed E-state index contributed by atoms with van der Waals surface area (Å²) in [5, 5.41) is 15.6. The normalized spacial score (nSPS) is 11.8. The fraction of sp³-hybridized carbons (Fsp3) is 0.130. The van der Waals surface area contributed by atoms with Crippen molar-refractivity contribution in [2.24, 2.45) is 7.05 Å². The second kappa shape index (κ2) is 6.88. The van der Waals surface area contributed by atoms with Crippen molar-refractivity contribution >= 4 is 43.4 Å². The van der Waals surface area contributed by atoms with Crippen molar-refractivity contribution in [3.05, 3.63) is 87.5 Å². The summed E-state index contributed by atoms with van der Waals surface area (Å²) in [4.78, 5) is 18.0. The predicted molar refractivity (Wildman–Crippen MR) is 123 cm³/mol. The maximum atomic E-state index is 13.3. The number of aromatic nitrogens is 6. The number of aromatic amines is 1. The Morgan fingerprint density at radius 1 is 1.10 bits per heavy atom. The number of nitrogens with one attached hydrogen (secondary N) is 1. The van der Waals surface area contributed by atoms with E-state index in [2.05, 4.69) is 39.6 Å². The maximum Gasteiger partial charge on any atom is 0.291 e. The highest BCUT2D eigenvalue weighted by Crippen LogP contribution is 2.31. The van der Waals surface area contributed by atoms with Crippen molar-refractivity contribution in [2.75, 3.05) is 0 Å². The highest BCUT2D eigenvalue weighted by Gasteiger charge is 2.18. The molecule has 0 amide bonds. The maximum absolute atomic E-state index is 13.3. The topological polar surface area (TPSA) is 81.4 Å². The fourth-order valence-corrected chi connectivity index (χ4v) is 5.21. The quantitative estimate of drug-likeness (QED) is 0.464. The van der Waals surface area contributed by atoms with Crippen LogP contribution in [0.2, 0.25) is 0 Å². The number of fused-ring (bicyclic) bond motifs is 4. The first kappa shape index (κ1) is 18.0. The van der Waals surface area contributed by atoms with E-state index in [1.807, 2.05) is 35.9 Å². The molecule has 0 atom stereocenters. The van der Waals surface area contributed by atoms with Crippen LogP contribution in [0.25, 0.3) is 32.0 Å². The van der Waals surface area contributed by atoms with Crippen LogP contribution in [0.1, 0.15) is 16.3 Å². The monoisotopic (exact) mass is 426 g/mol. The molecule has 0 aliphatic carbocycles. The third kappa shape index (κ3) is 2.95. The van der Waals surface area contributed by atoms with Gasteiger partial charge < -0.3 is 4.57 Å². The minimum atomic E-state index is -0.103. The van der Waals surface area contributed by atoms with Crippen LogP contribution >= 0.6 is 11.3 Å². The molecule has 0 bridgehead atoms. The molecule has 8 heteroatoms. The number of aryl methyl sites for hydroxylation is 1. The molecule has 6 rings (SSSR count). The molecule has 7 nitrogen and oxygen atoms in total. The summed E-state index contributed by atoms with van der Waals surface area (Å²) in [6.45, 7) is 0.428. The number of H-pyrrole nitrogens is 1. The van der Waals surface area contributed by atoms with Crippen LogP contribution in [-0.4, -0.2) is 29.5 Å². The Hall–Kier alpha value is -3.78. The highest BCUT2D eigenvalue weighted by atomic mass is 32.1. The first-order valence-electron chi connectivity index (χ1n) is 9.97. The van der Waals surface area contributed by atoms with Crippen LogP contribution in [0.4, 0.5) is 0 Å². The largest absolute Gasteiger partial charge is 0.323 e. The number of nitrogens with zero attached hydrogens (tertiary/aromatic N) is 5. The van der Waals surface area contributed by atoms with Crippen LogP contribution in [-0.2, 0) is 20.0 Å². The lowest BCUT2D eigenvalue weighted by Crippen LogP contribution is -2.24. The molecule has 1 N–H and O–H groups in total. The van der Waals surface area contributed by atoms with E-state index in [1.165, 1.54) is 10.1 Å². The Balaban J connectivity index is 1.41. The van der Waals surface area contributed by atoms with Crippen LogP contribution in [0.3, 0.4) is 0 Å². The average molecular weight is 427 g/mol. The van der Waals surface area contributed by atoms with Gasteiger partial charge in [-0.15, -0.1) is 11.3 Å². The van der Waals surface area contributed by atoms with Crippen molar-refractivity contribution in [2.45, 2.75) is 13.0 Å². The van der Waals surface area contributed by atoms with Crippen LogP contribution in [0, 0.1) is 0 Å². The highest BCUT2D eigenvalue weighted by molar-refractivity contribution is 7.19. The minimum Gasteiger partial charge on any atom is -0.323 e. The zero-order chi connectivity index (χ0) is 20.9. The molecule has 4 heterocycles. The Morgan fingerprint density at radius 2 is 1.97 bits per heavy atom. The summed E-state index contributed by atoms with van der Waals surface area (Å²) in [6, 6.07) is 16.4. The summed E-state index contributed by atoms with van der Waals surface area (Å²) >= 11 is 1.60. The predicted octanol–water partition coefficient (Wildman–Crippen LogP) is 3.86. The summed E-state index contributed by atoms with van der Waals surface area (Å²) < 4.78 is 4.41. The third-order valence-corrected chi connectivity index (χ3v) is 6.69. The summed E-state index contributed by atoms with van der Waals surface area (Å²) in [6.07, 6.45) is 4.21. The molecule has 0 saturated heterocycles. The van der Waals surface area contributed by atoms with E-state index in [0.717, 1.165) is 37.4 Å². The zero-order valence-electron chi connectivity index (χ0n) is 16.7. The van der Waals surface area contributed by atoms with Gasteiger partial charge in [-0.2, -0.15) is 10.2 Å². The Labute approximate surface area is 180 Å². The molecule has 31 heavy (non-hydrogen) atoms. The molecule has 0 aliphatic heterocycles. The summed E-state index contributed by atoms with van der Waals surface area (Å²) in [5.74, 6) is 0. The number of benzene rings is 2. The first-order valence-corrected chi connectivity index (χ1v) is 10.8. The zero-order valence-corrected chi connectivity index (χ0v) is 17.6. The molecule has 0 unspecified atom stereocenters. The van der Waals surface area contributed by atoms with Gasteiger partial charge in [-0.1, -0.05) is 36.4 Å². The van der Waals surface area contributed by atoms with Crippen molar-refractivity contribution in [3.63, 3.8) is 0 Å². The minimum absolute atomic E-state index is 0.103. The van der Waals surface area contributed by atoms with E-state index in [4.69, 9.17) is 4.98 Å². The van der Waals surface area contributed by atoms with Gasteiger partial charge in [-0.25, -0.2) is 9.67 Å². The van der Waals surface area contributed by atoms with Gasteiger partial charge in [0.25, 0.3) is 5.56 Å². The molecule has 0 spiro atoms. The molecule has 0 aliphatic rings. The van der Waals surface area contributed by atoms with Gasteiger partial charge in [0.05, 0.1) is 17.4 Å². The lowest BCUT2D eigenvalue weighted by molar-refractivity contribution is 0.644. The van der Waals surface area contributed by atoms with Gasteiger partial charge in [0.15, 0.2) is 5.65 Å². The smallest absolute Gasteiger partial charge is 0.291 e. The SMILES string of the molecule is Cn1c2nc(Cc3ccn[nH]3)sc2c2cnn(Cc3ccc4ccccc4c3)c(=O)c21. The van der Waals surface area contributed by atoms with Gasteiger partial charge in [-0.05, 0) is 28.5 Å². The Morgan fingerprint density at radius 3 is 2.81 bits per heavy atom. The number of hydrogen-bond acceptors (Lipinski definition) is 5. The van der Waals surface area contributed by atoms with Gasteiger partial charge in [0.2, 0.25) is 0 Å². The number of hydrogen-bond donors (Lipinski definition) is 1. The summed E-state index contributed by atoms with van der Waals surface area (Å²) in [7, 11) is 1.89. The van der Waals surface area contributed by atoms with E-state index in [0.29, 0.717) is 18.5 Å². The van der Waals surface area contributed by atoms with Gasteiger partial charge >= 0.3 is 0 Å². The Kier molecular flexibility index (Phi) is 4.00. The third-order valence-electron chi connectivity index (χ3n) is 5.62. The molecule has 0 radical (unpaired) electrons. The number of rotatable bonds is 4. The molecule has 0 saturated carbocycles. The van der Waals surface area contributed by atoms with Crippen molar-refractivity contribution in [1.29, 1.82) is 0 Å². The molecular formula is C23H18N6OS. The molecule has 4 aromatic heterocycles. The molecule has 0 fully saturated rings. The molecular weight excluding hydrogens is 408 g/mol. The van der Waals surface area contributed by atoms with E-state index < -0.39 is 0 Å². The fourth-order valence-electron chi connectivity index (χ4n) is 4.08. The summed E-state index contributed by atoms with van der Waals surface area (Å²) in [5.41, 5.74) is 3.41. The van der Waals surface area contributed by atoms with Crippen molar-refractivity contribution in [1.82, 2.24) is 29.5 Å². The van der Waals surface area contributed by atoms with Crippen LogP contribution < -0.4 is 5.56 Å². The van der Waals surface area contributed by atoms with Gasteiger partial charge in [-0.3, -0.25) is 9.89 Å². The van der Waals surface area contributed by atoms with Gasteiger partial charge in [0, 0.05) is 30.7 Å². The van der Waals surface area contributed by atoms with E-state index >= 15 is 0 Å². The molecule has 6 aromatic rings.